The Bertz CT molecular complexity index is 732. The predicted molar refractivity (Wildman–Crippen MR) is 89.4 cm³/mol. The number of aromatic nitrogens is 3. The molecule has 0 unspecified atom stereocenters. The Morgan fingerprint density at radius 2 is 1.82 bits per heavy atom. The molecular formula is C16H18N4OS. The molecule has 114 valence electrons. The third-order valence-corrected chi connectivity index (χ3v) is 4.33. The lowest BCUT2D eigenvalue weighted by molar-refractivity contribution is 0.618. The molecule has 1 saturated carbocycles. The van der Waals surface area contributed by atoms with Crippen molar-refractivity contribution in [3.8, 4) is 11.3 Å². The van der Waals surface area contributed by atoms with Crippen molar-refractivity contribution in [3.05, 3.63) is 40.7 Å². The minimum Gasteiger partial charge on any atom is -0.265 e. The molecule has 0 bridgehead atoms. The van der Waals surface area contributed by atoms with Crippen molar-refractivity contribution in [1.29, 1.82) is 0 Å². The summed E-state index contributed by atoms with van der Waals surface area (Å²) in [4.78, 5) is 12.8. The first-order chi connectivity index (χ1) is 10.8. The lowest BCUT2D eigenvalue weighted by atomic mass is 9.99. The Kier molecular flexibility index (Phi) is 4.68. The third kappa shape index (κ3) is 3.11. The number of benzene rings is 1. The Morgan fingerprint density at radius 1 is 1.09 bits per heavy atom. The molecule has 6 heteroatoms. The maximum atomic E-state index is 12.8. The van der Waals surface area contributed by atoms with Gasteiger partial charge in [0.05, 0.1) is 0 Å². The largest absolute Gasteiger partial charge is 0.301 e. The number of nitrogens with zero attached hydrogens (tertiary/aromatic N) is 4. The lowest BCUT2D eigenvalue weighted by Gasteiger charge is -2.13. The fraction of sp³-hybridized carbons (Fsp3) is 0.375. The second kappa shape index (κ2) is 6.87. The summed E-state index contributed by atoms with van der Waals surface area (Å²) < 4.78 is 1.42. The predicted octanol–water partition coefficient (Wildman–Crippen LogP) is 3.20. The molecule has 0 atom stereocenters. The molecule has 5 nitrogen and oxygen atoms in total. The van der Waals surface area contributed by atoms with Crippen molar-refractivity contribution < 1.29 is 0 Å². The number of rotatable bonds is 3. The summed E-state index contributed by atoms with van der Waals surface area (Å²) in [6, 6.07) is 9.41. The van der Waals surface area contributed by atoms with Crippen LogP contribution < -0.4 is 5.56 Å². The van der Waals surface area contributed by atoms with Gasteiger partial charge in [0.1, 0.15) is 0 Å². The van der Waals surface area contributed by atoms with Crippen molar-refractivity contribution in [3.63, 3.8) is 0 Å². The summed E-state index contributed by atoms with van der Waals surface area (Å²) in [5, 5.41) is 13.4. The van der Waals surface area contributed by atoms with Gasteiger partial charge in [-0.15, -0.1) is 10.2 Å². The molecule has 1 aromatic heterocycles. The zero-order chi connectivity index (χ0) is 15.4. The monoisotopic (exact) mass is 314 g/mol. The maximum Gasteiger partial charge on any atom is 0.301 e. The topological polar surface area (TPSA) is 60.1 Å². The Hall–Kier alpha value is -1.95. The van der Waals surface area contributed by atoms with E-state index >= 15 is 0 Å². The molecule has 3 rings (SSSR count). The second-order valence-corrected chi connectivity index (χ2v) is 6.02. The third-order valence-electron chi connectivity index (χ3n) is 3.71. The van der Waals surface area contributed by atoms with Crippen LogP contribution >= 0.6 is 11.8 Å². The van der Waals surface area contributed by atoms with Crippen LogP contribution in [-0.2, 0) is 0 Å². The molecule has 2 aromatic rings. The Morgan fingerprint density at radius 3 is 2.50 bits per heavy atom. The first kappa shape index (κ1) is 15.0. The van der Waals surface area contributed by atoms with Crippen molar-refractivity contribution in [2.24, 2.45) is 5.10 Å². The van der Waals surface area contributed by atoms with E-state index in [1.54, 1.807) is 0 Å². The van der Waals surface area contributed by atoms with Crippen LogP contribution in [0, 0.1) is 0 Å². The van der Waals surface area contributed by atoms with Gasteiger partial charge in [-0.3, -0.25) is 4.79 Å². The van der Waals surface area contributed by atoms with Gasteiger partial charge in [-0.1, -0.05) is 48.5 Å². The van der Waals surface area contributed by atoms with Crippen LogP contribution in [0.5, 0.6) is 0 Å². The van der Waals surface area contributed by atoms with E-state index in [1.165, 1.54) is 22.9 Å². The smallest absolute Gasteiger partial charge is 0.265 e. The van der Waals surface area contributed by atoms with Gasteiger partial charge in [0, 0.05) is 11.3 Å². The molecule has 1 heterocycles. The lowest BCUT2D eigenvalue weighted by Crippen LogP contribution is -2.24. The molecule has 1 fully saturated rings. The van der Waals surface area contributed by atoms with Gasteiger partial charge in [-0.2, -0.15) is 9.78 Å². The van der Waals surface area contributed by atoms with E-state index in [4.69, 9.17) is 0 Å². The normalized spacial score (nSPS) is 14.9. The van der Waals surface area contributed by atoms with Crippen molar-refractivity contribution >= 4 is 17.5 Å². The fourth-order valence-electron chi connectivity index (χ4n) is 2.56. The van der Waals surface area contributed by atoms with Crippen LogP contribution in [0.2, 0.25) is 0 Å². The molecule has 1 aliphatic rings. The zero-order valence-electron chi connectivity index (χ0n) is 12.5. The highest BCUT2D eigenvalue weighted by atomic mass is 32.2. The van der Waals surface area contributed by atoms with E-state index < -0.39 is 0 Å². The molecule has 1 aliphatic carbocycles. The summed E-state index contributed by atoms with van der Waals surface area (Å²) in [6.07, 6.45) is 7.33. The van der Waals surface area contributed by atoms with Crippen LogP contribution in [0.3, 0.4) is 0 Å². The quantitative estimate of drug-likeness (QED) is 0.816. The van der Waals surface area contributed by atoms with Gasteiger partial charge in [-0.05, 0) is 31.9 Å². The zero-order valence-corrected chi connectivity index (χ0v) is 13.3. The van der Waals surface area contributed by atoms with Crippen LogP contribution in [0.15, 0.2) is 45.4 Å². The molecule has 0 saturated heterocycles. The van der Waals surface area contributed by atoms with Crippen molar-refractivity contribution in [2.45, 2.75) is 37.3 Å². The summed E-state index contributed by atoms with van der Waals surface area (Å²) in [7, 11) is 0. The highest BCUT2D eigenvalue weighted by Gasteiger charge is 2.14. The Balaban J connectivity index is 2.09. The summed E-state index contributed by atoms with van der Waals surface area (Å²) in [5.41, 5.74) is 1.99. The van der Waals surface area contributed by atoms with E-state index in [1.807, 2.05) is 36.6 Å². The molecular weight excluding hydrogens is 296 g/mol. The van der Waals surface area contributed by atoms with Gasteiger partial charge in [0.15, 0.2) is 5.69 Å². The highest BCUT2D eigenvalue weighted by molar-refractivity contribution is 7.98. The fourth-order valence-corrected chi connectivity index (χ4v) is 2.98. The van der Waals surface area contributed by atoms with Gasteiger partial charge < -0.3 is 0 Å². The molecule has 1 aromatic carbocycles. The summed E-state index contributed by atoms with van der Waals surface area (Å²) in [5.74, 6) is 0. The minimum atomic E-state index is -0.205. The highest BCUT2D eigenvalue weighted by Crippen LogP contribution is 2.18. The summed E-state index contributed by atoms with van der Waals surface area (Å²) in [6.45, 7) is 0. The van der Waals surface area contributed by atoms with Gasteiger partial charge >= 0.3 is 5.56 Å². The standard InChI is InChI=1S/C16H18N4OS/c1-22-16-18-17-14(12-8-4-2-5-9-12)15(21)20(16)19-13-10-6-3-7-11-13/h2,4-5,8-9H,3,6-7,10-11H2,1H3. The SMILES string of the molecule is CSc1nnc(-c2ccccc2)c(=O)n1N=C1CCCCC1. The molecule has 0 spiro atoms. The van der Waals surface area contributed by atoms with Crippen LogP contribution in [0.25, 0.3) is 11.3 Å². The first-order valence-electron chi connectivity index (χ1n) is 7.45. The number of thioether (sulfide) groups is 1. The summed E-state index contributed by atoms with van der Waals surface area (Å²) >= 11 is 1.38. The maximum absolute atomic E-state index is 12.8. The van der Waals surface area contributed by atoms with E-state index in [2.05, 4.69) is 15.3 Å². The molecule has 0 radical (unpaired) electrons. The van der Waals surface area contributed by atoms with Gasteiger partial charge in [0.25, 0.3) is 0 Å². The van der Waals surface area contributed by atoms with E-state index in [0.29, 0.717) is 10.9 Å². The van der Waals surface area contributed by atoms with Crippen LogP contribution in [0.4, 0.5) is 0 Å². The molecule has 0 aliphatic heterocycles. The average molecular weight is 314 g/mol. The molecule has 22 heavy (non-hydrogen) atoms. The number of hydrogen-bond donors (Lipinski definition) is 0. The Labute approximate surface area is 133 Å². The van der Waals surface area contributed by atoms with E-state index in [9.17, 15) is 4.79 Å². The second-order valence-electron chi connectivity index (χ2n) is 5.25. The van der Waals surface area contributed by atoms with E-state index in [-0.39, 0.29) is 5.56 Å². The van der Waals surface area contributed by atoms with Crippen LogP contribution in [-0.4, -0.2) is 26.8 Å². The number of hydrogen-bond acceptors (Lipinski definition) is 5. The van der Waals surface area contributed by atoms with Crippen LogP contribution in [0.1, 0.15) is 32.1 Å². The molecule has 0 N–H and O–H groups in total. The average Bonchev–Trinajstić information content (AvgIpc) is 2.58. The van der Waals surface area contributed by atoms with Crippen molar-refractivity contribution in [2.75, 3.05) is 6.26 Å². The van der Waals surface area contributed by atoms with Gasteiger partial charge in [-0.25, -0.2) is 0 Å². The minimum absolute atomic E-state index is 0.205. The first-order valence-corrected chi connectivity index (χ1v) is 8.68. The van der Waals surface area contributed by atoms with Crippen molar-refractivity contribution in [1.82, 2.24) is 14.9 Å². The van der Waals surface area contributed by atoms with Gasteiger partial charge in [0.2, 0.25) is 5.16 Å². The van der Waals surface area contributed by atoms with E-state index in [0.717, 1.165) is 37.0 Å². The molecule has 0 amide bonds.